The molecule has 0 aliphatic rings. The van der Waals surface area contributed by atoms with Crippen molar-refractivity contribution in [3.8, 4) is 0 Å². The lowest BCUT2D eigenvalue weighted by Gasteiger charge is -2.18. The molecule has 1 aromatic heterocycles. The Morgan fingerprint density at radius 3 is 2.56 bits per heavy atom. The van der Waals surface area contributed by atoms with E-state index in [1.54, 1.807) is 12.4 Å². The van der Waals surface area contributed by atoms with Crippen LogP contribution in [0.4, 0.5) is 4.39 Å². The van der Waals surface area contributed by atoms with Crippen molar-refractivity contribution in [1.82, 2.24) is 14.9 Å². The van der Waals surface area contributed by atoms with Gasteiger partial charge in [0.2, 0.25) is 0 Å². The summed E-state index contributed by atoms with van der Waals surface area (Å²) in [6.45, 7) is 3.83. The Labute approximate surface area is 107 Å². The monoisotopic (exact) mass is 247 g/mol. The Kier molecular flexibility index (Phi) is 3.48. The third kappa shape index (κ3) is 2.29. The van der Waals surface area contributed by atoms with E-state index in [0.29, 0.717) is 5.56 Å². The number of aromatic nitrogens is 2. The fourth-order valence-corrected chi connectivity index (χ4v) is 2.31. The summed E-state index contributed by atoms with van der Waals surface area (Å²) in [5, 5.41) is 3.13. The molecule has 3 nitrogen and oxygen atoms in total. The van der Waals surface area contributed by atoms with E-state index in [4.69, 9.17) is 0 Å². The van der Waals surface area contributed by atoms with E-state index < -0.39 is 0 Å². The molecule has 1 atom stereocenters. The summed E-state index contributed by atoms with van der Waals surface area (Å²) in [5.41, 5.74) is 3.37. The third-order valence-corrected chi connectivity index (χ3v) is 3.08. The Morgan fingerprint density at radius 1 is 1.33 bits per heavy atom. The average Bonchev–Trinajstić information content (AvgIpc) is 2.69. The summed E-state index contributed by atoms with van der Waals surface area (Å²) < 4.78 is 16.0. The number of nitrogens with one attached hydrogen (secondary N) is 1. The molecule has 0 bridgehead atoms. The zero-order valence-corrected chi connectivity index (χ0v) is 11.2. The molecule has 96 valence electrons. The molecule has 0 aliphatic heterocycles. The Morgan fingerprint density at radius 2 is 2.06 bits per heavy atom. The maximum Gasteiger partial charge on any atom is 0.128 e. The standard InChI is InChI=1S/C14H18FN3/c1-9-5-10(2)13(11(15)6-9)14(16-3)12-7-18(4)8-17-12/h5-8,14,16H,1-4H3. The van der Waals surface area contributed by atoms with Crippen LogP contribution < -0.4 is 5.32 Å². The van der Waals surface area contributed by atoms with Crippen molar-refractivity contribution in [2.45, 2.75) is 19.9 Å². The number of imidazole rings is 1. The second kappa shape index (κ2) is 4.90. The molecule has 0 aliphatic carbocycles. The van der Waals surface area contributed by atoms with Crippen LogP contribution in [0.15, 0.2) is 24.7 Å². The van der Waals surface area contributed by atoms with Crippen LogP contribution in [-0.2, 0) is 7.05 Å². The fourth-order valence-electron chi connectivity index (χ4n) is 2.31. The predicted octanol–water partition coefficient (Wildman–Crippen LogP) is 2.48. The zero-order chi connectivity index (χ0) is 13.3. The molecule has 2 rings (SSSR count). The first kappa shape index (κ1) is 12.8. The van der Waals surface area contributed by atoms with Gasteiger partial charge in [0.15, 0.2) is 0 Å². The summed E-state index contributed by atoms with van der Waals surface area (Å²) in [4.78, 5) is 4.30. The molecule has 0 saturated heterocycles. The van der Waals surface area contributed by atoms with Crippen molar-refractivity contribution in [2.24, 2.45) is 7.05 Å². The molecule has 4 heteroatoms. The molecule has 0 radical (unpaired) electrons. The topological polar surface area (TPSA) is 29.9 Å². The van der Waals surface area contributed by atoms with Crippen LogP contribution in [0.3, 0.4) is 0 Å². The first-order valence-corrected chi connectivity index (χ1v) is 5.94. The van der Waals surface area contributed by atoms with Crippen LogP contribution in [0.1, 0.15) is 28.4 Å². The lowest BCUT2D eigenvalue weighted by Crippen LogP contribution is -2.20. The normalized spacial score (nSPS) is 12.7. The van der Waals surface area contributed by atoms with Gasteiger partial charge in [0, 0.05) is 18.8 Å². The number of halogens is 1. The highest BCUT2D eigenvalue weighted by atomic mass is 19.1. The molecular formula is C14H18FN3. The first-order valence-electron chi connectivity index (χ1n) is 5.94. The van der Waals surface area contributed by atoms with Gasteiger partial charge in [-0.1, -0.05) is 6.07 Å². The molecule has 2 aromatic rings. The van der Waals surface area contributed by atoms with Gasteiger partial charge in [-0.05, 0) is 38.1 Å². The summed E-state index contributed by atoms with van der Waals surface area (Å²) in [6, 6.07) is 3.34. The summed E-state index contributed by atoms with van der Waals surface area (Å²) >= 11 is 0. The second-order valence-corrected chi connectivity index (χ2v) is 4.66. The maximum absolute atomic E-state index is 14.2. The summed E-state index contributed by atoms with van der Waals surface area (Å²) in [7, 11) is 3.72. The SMILES string of the molecule is CNC(c1cn(C)cn1)c1c(C)cc(C)cc1F. The third-order valence-electron chi connectivity index (χ3n) is 3.08. The van der Waals surface area contributed by atoms with E-state index in [-0.39, 0.29) is 11.9 Å². The van der Waals surface area contributed by atoms with E-state index in [1.165, 1.54) is 0 Å². The average molecular weight is 247 g/mol. The maximum atomic E-state index is 14.2. The fraction of sp³-hybridized carbons (Fsp3) is 0.357. The Balaban J connectivity index is 2.51. The van der Waals surface area contributed by atoms with Gasteiger partial charge in [-0.25, -0.2) is 9.37 Å². The van der Waals surface area contributed by atoms with Crippen molar-refractivity contribution >= 4 is 0 Å². The van der Waals surface area contributed by atoms with Crippen molar-refractivity contribution in [3.63, 3.8) is 0 Å². The van der Waals surface area contributed by atoms with Crippen molar-refractivity contribution in [3.05, 3.63) is 52.9 Å². The number of benzene rings is 1. The molecule has 1 heterocycles. The number of aryl methyl sites for hydroxylation is 3. The van der Waals surface area contributed by atoms with Crippen LogP contribution in [0.2, 0.25) is 0 Å². The molecule has 1 N–H and O–H groups in total. The molecule has 1 aromatic carbocycles. The van der Waals surface area contributed by atoms with Crippen LogP contribution >= 0.6 is 0 Å². The molecule has 0 amide bonds. The minimum Gasteiger partial charge on any atom is -0.340 e. The number of hydrogen-bond acceptors (Lipinski definition) is 2. The molecule has 18 heavy (non-hydrogen) atoms. The lowest BCUT2D eigenvalue weighted by molar-refractivity contribution is 0.567. The Bertz CT molecular complexity index is 537. The van der Waals surface area contributed by atoms with Crippen molar-refractivity contribution in [2.75, 3.05) is 7.05 Å². The minimum absolute atomic E-state index is 0.183. The van der Waals surface area contributed by atoms with E-state index in [2.05, 4.69) is 10.3 Å². The van der Waals surface area contributed by atoms with Crippen LogP contribution in [0.25, 0.3) is 0 Å². The lowest BCUT2D eigenvalue weighted by atomic mass is 9.96. The van der Waals surface area contributed by atoms with Gasteiger partial charge >= 0.3 is 0 Å². The molecular weight excluding hydrogens is 229 g/mol. The van der Waals surface area contributed by atoms with E-state index in [0.717, 1.165) is 16.8 Å². The van der Waals surface area contributed by atoms with Crippen LogP contribution in [-0.4, -0.2) is 16.6 Å². The quantitative estimate of drug-likeness (QED) is 0.903. The van der Waals surface area contributed by atoms with Gasteiger partial charge in [0.05, 0.1) is 18.1 Å². The molecule has 1 unspecified atom stereocenters. The first-order chi connectivity index (χ1) is 8.52. The van der Waals surface area contributed by atoms with Gasteiger partial charge in [-0.3, -0.25) is 0 Å². The number of rotatable bonds is 3. The van der Waals surface area contributed by atoms with Crippen molar-refractivity contribution in [1.29, 1.82) is 0 Å². The number of nitrogens with zero attached hydrogens (tertiary/aromatic N) is 2. The summed E-state index contributed by atoms with van der Waals surface area (Å²) in [6.07, 6.45) is 3.63. The van der Waals surface area contributed by atoms with E-state index >= 15 is 0 Å². The van der Waals surface area contributed by atoms with Crippen LogP contribution in [0, 0.1) is 19.7 Å². The van der Waals surface area contributed by atoms with E-state index in [9.17, 15) is 4.39 Å². The van der Waals surface area contributed by atoms with Crippen LogP contribution in [0.5, 0.6) is 0 Å². The molecule has 0 fully saturated rings. The van der Waals surface area contributed by atoms with Gasteiger partial charge in [-0.2, -0.15) is 0 Å². The minimum atomic E-state index is -0.216. The van der Waals surface area contributed by atoms with Gasteiger partial charge in [0.1, 0.15) is 5.82 Å². The summed E-state index contributed by atoms with van der Waals surface area (Å²) in [5.74, 6) is -0.183. The zero-order valence-electron chi connectivity index (χ0n) is 11.2. The van der Waals surface area contributed by atoms with Gasteiger partial charge < -0.3 is 9.88 Å². The highest BCUT2D eigenvalue weighted by Gasteiger charge is 2.20. The van der Waals surface area contributed by atoms with Crippen molar-refractivity contribution < 1.29 is 4.39 Å². The smallest absolute Gasteiger partial charge is 0.128 e. The number of hydrogen-bond donors (Lipinski definition) is 1. The Hall–Kier alpha value is -1.68. The molecule has 0 saturated carbocycles. The highest BCUT2D eigenvalue weighted by Crippen LogP contribution is 2.27. The van der Waals surface area contributed by atoms with Gasteiger partial charge in [-0.15, -0.1) is 0 Å². The van der Waals surface area contributed by atoms with Gasteiger partial charge in [0.25, 0.3) is 0 Å². The van der Waals surface area contributed by atoms with E-state index in [1.807, 2.05) is 44.8 Å². The second-order valence-electron chi connectivity index (χ2n) is 4.66. The largest absolute Gasteiger partial charge is 0.340 e. The molecule has 0 spiro atoms. The highest BCUT2D eigenvalue weighted by molar-refractivity contribution is 5.37. The predicted molar refractivity (Wildman–Crippen MR) is 70.0 cm³/mol.